The monoisotopic (exact) mass is 380 g/mol. The van der Waals surface area contributed by atoms with Crippen molar-refractivity contribution >= 4 is 16.6 Å². The van der Waals surface area contributed by atoms with Gasteiger partial charge in [-0.05, 0) is 29.0 Å². The number of ketones is 1. The van der Waals surface area contributed by atoms with Gasteiger partial charge in [0.25, 0.3) is 0 Å². The lowest BCUT2D eigenvalue weighted by Crippen LogP contribution is -2.64. The number of fused-ring (bicyclic) bond motifs is 1. The number of alkyl halides is 1. The predicted molar refractivity (Wildman–Crippen MR) is 108 cm³/mol. The van der Waals surface area contributed by atoms with Crippen LogP contribution in [0.25, 0.3) is 21.9 Å². The summed E-state index contributed by atoms with van der Waals surface area (Å²) in [4.78, 5) is 18.9. The molecule has 1 aliphatic rings. The number of likely N-dealkylation sites (tertiary alicyclic amines) is 1. The normalized spacial score (nSPS) is 16.5. The molecule has 146 valence electrons. The number of rotatable bonds is 6. The number of pyridine rings is 1. The summed E-state index contributed by atoms with van der Waals surface area (Å²) in [7, 11) is 1.88. The zero-order chi connectivity index (χ0) is 19.9. The van der Waals surface area contributed by atoms with E-state index in [1.54, 1.807) is 10.9 Å². The molecular weight excluding hydrogens is 355 g/mol. The molecule has 1 saturated heterocycles. The van der Waals surface area contributed by atoms with Gasteiger partial charge < -0.3 is 0 Å². The number of hydrogen-bond acceptors (Lipinski definition) is 4. The van der Waals surface area contributed by atoms with Crippen LogP contribution in [-0.4, -0.2) is 50.8 Å². The van der Waals surface area contributed by atoms with Crippen molar-refractivity contribution in [2.45, 2.75) is 25.9 Å². The molecule has 3 heterocycles. The molecule has 0 atom stereocenters. The fourth-order valence-electron chi connectivity index (χ4n) is 3.84. The third-order valence-corrected chi connectivity index (χ3v) is 5.23. The van der Waals surface area contributed by atoms with Crippen molar-refractivity contribution in [1.29, 1.82) is 0 Å². The van der Waals surface area contributed by atoms with Gasteiger partial charge in [-0.15, -0.1) is 0 Å². The predicted octanol–water partition coefficient (Wildman–Crippen LogP) is 3.43. The van der Waals surface area contributed by atoms with Gasteiger partial charge in [-0.3, -0.25) is 19.4 Å². The van der Waals surface area contributed by atoms with Crippen molar-refractivity contribution in [2.24, 2.45) is 13.0 Å². The molecule has 0 radical (unpaired) electrons. The number of halogens is 1. The highest BCUT2D eigenvalue weighted by Gasteiger charge is 2.49. The number of nitrogens with zero attached hydrogens (tertiary/aromatic N) is 4. The van der Waals surface area contributed by atoms with Gasteiger partial charge in [0.2, 0.25) is 0 Å². The minimum absolute atomic E-state index is 0.0269. The second-order valence-electron chi connectivity index (χ2n) is 8.27. The van der Waals surface area contributed by atoms with Crippen LogP contribution in [0, 0.1) is 5.92 Å². The smallest absolute Gasteiger partial charge is 0.194 e. The first-order valence-electron chi connectivity index (χ1n) is 9.65. The summed E-state index contributed by atoms with van der Waals surface area (Å²) in [6.07, 6.45) is 5.55. The highest BCUT2D eigenvalue weighted by atomic mass is 19.1. The molecular formula is C22H25FN4O. The molecule has 5 nitrogen and oxygen atoms in total. The van der Waals surface area contributed by atoms with E-state index in [1.807, 2.05) is 42.5 Å². The number of Topliss-reactive ketones (excluding diaryl/α,β-unsaturated/α-hetero) is 1. The summed E-state index contributed by atoms with van der Waals surface area (Å²) >= 11 is 0. The van der Waals surface area contributed by atoms with E-state index in [0.717, 1.165) is 28.4 Å². The quantitative estimate of drug-likeness (QED) is 0.657. The minimum atomic E-state index is -1.73. The Bertz CT molecular complexity index is 1020. The fourth-order valence-corrected chi connectivity index (χ4v) is 3.84. The maximum absolute atomic E-state index is 14.9. The summed E-state index contributed by atoms with van der Waals surface area (Å²) in [6.45, 7) is 5.41. The van der Waals surface area contributed by atoms with Crippen molar-refractivity contribution in [2.75, 3.05) is 19.6 Å². The maximum Gasteiger partial charge on any atom is 0.194 e. The number of hydrogen-bond donors (Lipinski definition) is 0. The molecule has 4 rings (SSSR count). The summed E-state index contributed by atoms with van der Waals surface area (Å²) < 4.78 is 16.6. The molecule has 0 saturated carbocycles. The first-order chi connectivity index (χ1) is 13.3. The molecule has 6 heteroatoms. The second-order valence-corrected chi connectivity index (χ2v) is 8.27. The van der Waals surface area contributed by atoms with Gasteiger partial charge >= 0.3 is 0 Å². The Morgan fingerprint density at radius 1 is 1.18 bits per heavy atom. The molecule has 0 aliphatic carbocycles. The van der Waals surface area contributed by atoms with E-state index in [1.165, 1.54) is 0 Å². The summed E-state index contributed by atoms with van der Waals surface area (Å²) in [5.74, 6) is 0.0959. The Balaban J connectivity index is 1.50. The summed E-state index contributed by atoms with van der Waals surface area (Å²) in [5.41, 5.74) is 0.957. The summed E-state index contributed by atoms with van der Waals surface area (Å²) in [5, 5.41) is 6.19. The van der Waals surface area contributed by atoms with Crippen LogP contribution in [0.2, 0.25) is 0 Å². The van der Waals surface area contributed by atoms with Crippen molar-refractivity contribution in [3.05, 3.63) is 48.5 Å². The van der Waals surface area contributed by atoms with Gasteiger partial charge in [0.1, 0.15) is 0 Å². The molecule has 0 unspecified atom stereocenters. The molecule has 0 spiro atoms. The lowest BCUT2D eigenvalue weighted by Gasteiger charge is -2.44. The van der Waals surface area contributed by atoms with Crippen LogP contribution >= 0.6 is 0 Å². The molecule has 0 amide bonds. The number of carbonyl (C=O) groups is 1. The molecule has 2 aromatic heterocycles. The van der Waals surface area contributed by atoms with Crippen LogP contribution in [0.5, 0.6) is 0 Å². The van der Waals surface area contributed by atoms with Crippen LogP contribution in [-0.2, 0) is 18.3 Å². The third kappa shape index (κ3) is 3.69. The van der Waals surface area contributed by atoms with Crippen molar-refractivity contribution < 1.29 is 9.18 Å². The molecule has 1 aromatic carbocycles. The number of carbonyl (C=O) groups excluding carboxylic acids is 1. The van der Waals surface area contributed by atoms with Crippen molar-refractivity contribution in [3.8, 4) is 11.1 Å². The lowest BCUT2D eigenvalue weighted by atomic mass is 9.88. The molecule has 3 aromatic rings. The number of benzene rings is 1. The Hall–Kier alpha value is -2.60. The zero-order valence-electron chi connectivity index (χ0n) is 16.5. The van der Waals surface area contributed by atoms with Gasteiger partial charge in [-0.1, -0.05) is 26.0 Å². The molecule has 1 aliphatic heterocycles. The highest BCUT2D eigenvalue weighted by molar-refractivity contribution is 5.92. The number of aromatic nitrogens is 3. The Morgan fingerprint density at radius 2 is 1.96 bits per heavy atom. The SMILES string of the molecule is CC(C)CN1CC(F)(C(=O)Cc2cc3cc(-c4cnn(C)c4)ccc3cn2)C1. The molecule has 1 fully saturated rings. The van der Waals surface area contributed by atoms with E-state index in [9.17, 15) is 9.18 Å². The van der Waals surface area contributed by atoms with E-state index in [-0.39, 0.29) is 25.3 Å². The standard InChI is InChI=1S/C22H25FN4O/c1-15(2)11-27-13-22(23,14-27)21(28)8-20-7-18-6-16(4-5-17(18)9-24-20)19-10-25-26(3)12-19/h4-7,9-10,12,15H,8,11,13-14H2,1-3H3. The second kappa shape index (κ2) is 7.09. The Morgan fingerprint density at radius 3 is 2.64 bits per heavy atom. The van der Waals surface area contributed by atoms with Gasteiger partial charge in [-0.25, -0.2) is 4.39 Å². The van der Waals surface area contributed by atoms with Crippen molar-refractivity contribution in [1.82, 2.24) is 19.7 Å². The van der Waals surface area contributed by atoms with Crippen LogP contribution in [0.4, 0.5) is 4.39 Å². The van der Waals surface area contributed by atoms with Gasteiger partial charge in [-0.2, -0.15) is 5.10 Å². The van der Waals surface area contributed by atoms with E-state index in [4.69, 9.17) is 0 Å². The first kappa shape index (κ1) is 18.7. The number of aryl methyl sites for hydroxylation is 1. The minimum Gasteiger partial charge on any atom is -0.296 e. The van der Waals surface area contributed by atoms with E-state index in [2.05, 4.69) is 30.0 Å². The maximum atomic E-state index is 14.9. The van der Waals surface area contributed by atoms with E-state index < -0.39 is 5.67 Å². The fraction of sp³-hybridized carbons (Fsp3) is 0.409. The average molecular weight is 380 g/mol. The van der Waals surface area contributed by atoms with Gasteiger partial charge in [0.15, 0.2) is 11.5 Å². The van der Waals surface area contributed by atoms with Crippen LogP contribution in [0.15, 0.2) is 42.9 Å². The highest BCUT2D eigenvalue weighted by Crippen LogP contribution is 2.29. The Labute approximate surface area is 164 Å². The molecule has 0 bridgehead atoms. The third-order valence-electron chi connectivity index (χ3n) is 5.23. The van der Waals surface area contributed by atoms with E-state index >= 15 is 0 Å². The first-order valence-corrected chi connectivity index (χ1v) is 9.65. The van der Waals surface area contributed by atoms with Crippen LogP contribution < -0.4 is 0 Å². The zero-order valence-corrected chi connectivity index (χ0v) is 16.5. The van der Waals surface area contributed by atoms with Crippen LogP contribution in [0.1, 0.15) is 19.5 Å². The average Bonchev–Trinajstić information content (AvgIpc) is 3.05. The topological polar surface area (TPSA) is 51.0 Å². The van der Waals surface area contributed by atoms with Gasteiger partial charge in [0, 0.05) is 55.7 Å². The van der Waals surface area contributed by atoms with Gasteiger partial charge in [0.05, 0.1) is 12.6 Å². The summed E-state index contributed by atoms with van der Waals surface area (Å²) in [6, 6.07) is 7.98. The molecule has 28 heavy (non-hydrogen) atoms. The van der Waals surface area contributed by atoms with Crippen LogP contribution in [0.3, 0.4) is 0 Å². The Kier molecular flexibility index (Phi) is 4.75. The van der Waals surface area contributed by atoms with Crippen molar-refractivity contribution in [3.63, 3.8) is 0 Å². The lowest BCUT2D eigenvalue weighted by molar-refractivity contribution is -0.142. The van der Waals surface area contributed by atoms with E-state index in [0.29, 0.717) is 11.6 Å². The largest absolute Gasteiger partial charge is 0.296 e. The molecule has 0 N–H and O–H groups in total.